The van der Waals surface area contributed by atoms with Gasteiger partial charge >= 0.3 is 0 Å². The van der Waals surface area contributed by atoms with Gasteiger partial charge in [-0.25, -0.2) is 0 Å². The third kappa shape index (κ3) is 4.62. The van der Waals surface area contributed by atoms with E-state index in [2.05, 4.69) is 58.3 Å². The van der Waals surface area contributed by atoms with Crippen molar-refractivity contribution in [3.8, 4) is 11.4 Å². The maximum absolute atomic E-state index is 5.39. The van der Waals surface area contributed by atoms with Crippen LogP contribution >= 0.6 is 0 Å². The standard InChI is InChI=1S/C18H26N4O/c1-21(2)11-5-6-15-7-9-16(10-8-15)18-19-17(23-20-18)14-22-12-3-4-13-22/h7-10H,3-6,11-14H2,1-2H3. The van der Waals surface area contributed by atoms with Gasteiger partial charge in [0, 0.05) is 5.56 Å². The Hall–Kier alpha value is -1.72. The molecule has 1 aromatic carbocycles. The van der Waals surface area contributed by atoms with E-state index >= 15 is 0 Å². The van der Waals surface area contributed by atoms with Crippen molar-refractivity contribution in [1.82, 2.24) is 19.9 Å². The second-order valence-electron chi connectivity index (χ2n) is 6.60. The highest BCUT2D eigenvalue weighted by Crippen LogP contribution is 2.19. The molecule has 0 atom stereocenters. The molecule has 0 N–H and O–H groups in total. The SMILES string of the molecule is CN(C)CCCc1ccc(-c2noc(CN3CCCC3)n2)cc1. The molecule has 0 aliphatic carbocycles. The number of rotatable bonds is 7. The molecule has 0 spiro atoms. The average Bonchev–Trinajstić information content (AvgIpc) is 3.20. The van der Waals surface area contributed by atoms with Crippen molar-refractivity contribution in [3.05, 3.63) is 35.7 Å². The highest BCUT2D eigenvalue weighted by atomic mass is 16.5. The minimum absolute atomic E-state index is 0.694. The Balaban J connectivity index is 1.57. The van der Waals surface area contributed by atoms with E-state index in [1.165, 1.54) is 24.8 Å². The first-order chi connectivity index (χ1) is 11.2. The molecule has 2 aromatic rings. The maximum atomic E-state index is 5.39. The van der Waals surface area contributed by atoms with Crippen molar-refractivity contribution in [2.75, 3.05) is 33.7 Å². The fraction of sp³-hybridized carbons (Fsp3) is 0.556. The lowest BCUT2D eigenvalue weighted by Crippen LogP contribution is -2.18. The lowest BCUT2D eigenvalue weighted by molar-refractivity contribution is 0.268. The number of nitrogens with zero attached hydrogens (tertiary/aromatic N) is 4. The largest absolute Gasteiger partial charge is 0.338 e. The minimum Gasteiger partial charge on any atom is -0.338 e. The molecular formula is C18H26N4O. The first kappa shape index (κ1) is 16.1. The molecule has 1 aliphatic rings. The number of benzene rings is 1. The monoisotopic (exact) mass is 314 g/mol. The zero-order valence-corrected chi connectivity index (χ0v) is 14.2. The molecule has 2 heterocycles. The maximum Gasteiger partial charge on any atom is 0.241 e. The summed E-state index contributed by atoms with van der Waals surface area (Å²) >= 11 is 0. The van der Waals surface area contributed by atoms with Crippen molar-refractivity contribution in [2.45, 2.75) is 32.2 Å². The van der Waals surface area contributed by atoms with Crippen LogP contribution in [0.5, 0.6) is 0 Å². The third-order valence-corrected chi connectivity index (χ3v) is 4.31. The van der Waals surface area contributed by atoms with Crippen LogP contribution in [0.15, 0.2) is 28.8 Å². The van der Waals surface area contributed by atoms with E-state index < -0.39 is 0 Å². The summed E-state index contributed by atoms with van der Waals surface area (Å²) in [6.45, 7) is 4.17. The Morgan fingerprint density at radius 3 is 2.57 bits per heavy atom. The Morgan fingerprint density at radius 1 is 1.13 bits per heavy atom. The summed E-state index contributed by atoms with van der Waals surface area (Å²) in [6.07, 6.45) is 4.83. The topological polar surface area (TPSA) is 45.4 Å². The fourth-order valence-electron chi connectivity index (χ4n) is 2.99. The van der Waals surface area contributed by atoms with Gasteiger partial charge in [-0.05, 0) is 65.0 Å². The van der Waals surface area contributed by atoms with E-state index in [0.29, 0.717) is 5.82 Å². The summed E-state index contributed by atoms with van der Waals surface area (Å²) in [6, 6.07) is 8.52. The summed E-state index contributed by atoms with van der Waals surface area (Å²) in [5.41, 5.74) is 2.38. The molecule has 1 aliphatic heterocycles. The summed E-state index contributed by atoms with van der Waals surface area (Å²) in [5, 5.41) is 4.12. The second-order valence-corrected chi connectivity index (χ2v) is 6.60. The van der Waals surface area contributed by atoms with Crippen LogP contribution in [0.2, 0.25) is 0 Å². The molecule has 0 amide bonds. The van der Waals surface area contributed by atoms with Crippen LogP contribution in [0.3, 0.4) is 0 Å². The quantitative estimate of drug-likeness (QED) is 0.786. The summed E-state index contributed by atoms with van der Waals surface area (Å²) in [5.74, 6) is 1.41. The first-order valence-electron chi connectivity index (χ1n) is 8.50. The van der Waals surface area contributed by atoms with Crippen molar-refractivity contribution in [2.24, 2.45) is 0 Å². The van der Waals surface area contributed by atoms with Crippen LogP contribution in [0.1, 0.15) is 30.7 Å². The van der Waals surface area contributed by atoms with Gasteiger partial charge in [0.1, 0.15) is 0 Å². The van der Waals surface area contributed by atoms with Crippen LogP contribution in [0.25, 0.3) is 11.4 Å². The zero-order chi connectivity index (χ0) is 16.1. The van der Waals surface area contributed by atoms with Crippen molar-refractivity contribution in [1.29, 1.82) is 0 Å². The average molecular weight is 314 g/mol. The Kier molecular flexibility index (Phi) is 5.41. The van der Waals surface area contributed by atoms with Crippen LogP contribution in [0.4, 0.5) is 0 Å². The van der Waals surface area contributed by atoms with Gasteiger partial charge in [-0.15, -0.1) is 0 Å². The predicted molar refractivity (Wildman–Crippen MR) is 91.1 cm³/mol. The Bertz CT molecular complexity index is 600. The molecule has 5 nitrogen and oxygen atoms in total. The van der Waals surface area contributed by atoms with Gasteiger partial charge in [0.25, 0.3) is 0 Å². The van der Waals surface area contributed by atoms with Gasteiger partial charge in [0.05, 0.1) is 6.54 Å². The fourth-order valence-corrected chi connectivity index (χ4v) is 2.99. The van der Waals surface area contributed by atoms with Crippen LogP contribution < -0.4 is 0 Å². The van der Waals surface area contributed by atoms with Gasteiger partial charge in [0.15, 0.2) is 0 Å². The van der Waals surface area contributed by atoms with Gasteiger partial charge in [-0.1, -0.05) is 29.4 Å². The van der Waals surface area contributed by atoms with E-state index in [1.807, 2.05) is 0 Å². The molecule has 5 heteroatoms. The molecular weight excluding hydrogens is 288 g/mol. The Labute approximate surface area is 138 Å². The van der Waals surface area contributed by atoms with E-state index in [-0.39, 0.29) is 0 Å². The highest BCUT2D eigenvalue weighted by molar-refractivity contribution is 5.54. The number of hydrogen-bond acceptors (Lipinski definition) is 5. The van der Waals surface area contributed by atoms with E-state index in [0.717, 1.165) is 44.1 Å². The first-order valence-corrected chi connectivity index (χ1v) is 8.50. The van der Waals surface area contributed by atoms with Crippen LogP contribution in [0, 0.1) is 0 Å². The lowest BCUT2D eigenvalue weighted by atomic mass is 10.1. The predicted octanol–water partition coefficient (Wildman–Crippen LogP) is 2.83. The molecule has 0 radical (unpaired) electrons. The van der Waals surface area contributed by atoms with Gasteiger partial charge < -0.3 is 9.42 Å². The van der Waals surface area contributed by atoms with Crippen molar-refractivity contribution in [3.63, 3.8) is 0 Å². The smallest absolute Gasteiger partial charge is 0.241 e. The molecule has 3 rings (SSSR count). The Morgan fingerprint density at radius 2 is 1.87 bits per heavy atom. The molecule has 23 heavy (non-hydrogen) atoms. The molecule has 1 saturated heterocycles. The summed E-state index contributed by atoms with van der Waals surface area (Å²) in [4.78, 5) is 9.12. The molecule has 0 saturated carbocycles. The minimum atomic E-state index is 0.694. The number of aryl methyl sites for hydroxylation is 1. The zero-order valence-electron chi connectivity index (χ0n) is 14.2. The van der Waals surface area contributed by atoms with Crippen LogP contribution in [-0.2, 0) is 13.0 Å². The van der Waals surface area contributed by atoms with E-state index in [9.17, 15) is 0 Å². The lowest BCUT2D eigenvalue weighted by Gasteiger charge is -2.09. The number of aromatic nitrogens is 2. The molecule has 0 bridgehead atoms. The van der Waals surface area contributed by atoms with Gasteiger partial charge in [0.2, 0.25) is 11.7 Å². The molecule has 1 fully saturated rings. The highest BCUT2D eigenvalue weighted by Gasteiger charge is 2.16. The van der Waals surface area contributed by atoms with Crippen LogP contribution in [-0.4, -0.2) is 53.7 Å². The summed E-state index contributed by atoms with van der Waals surface area (Å²) in [7, 11) is 4.22. The van der Waals surface area contributed by atoms with Crippen molar-refractivity contribution < 1.29 is 4.52 Å². The normalized spacial score (nSPS) is 15.6. The number of likely N-dealkylation sites (tertiary alicyclic amines) is 1. The van der Waals surface area contributed by atoms with E-state index in [1.54, 1.807) is 0 Å². The van der Waals surface area contributed by atoms with Gasteiger partial charge in [-0.2, -0.15) is 4.98 Å². The second kappa shape index (κ2) is 7.70. The summed E-state index contributed by atoms with van der Waals surface area (Å²) < 4.78 is 5.39. The van der Waals surface area contributed by atoms with E-state index in [4.69, 9.17) is 4.52 Å². The van der Waals surface area contributed by atoms with Gasteiger partial charge in [-0.3, -0.25) is 4.90 Å². The number of hydrogen-bond donors (Lipinski definition) is 0. The molecule has 1 aromatic heterocycles. The molecule has 124 valence electrons. The van der Waals surface area contributed by atoms with Crippen molar-refractivity contribution >= 4 is 0 Å². The third-order valence-electron chi connectivity index (χ3n) is 4.31. The molecule has 0 unspecified atom stereocenters.